The van der Waals surface area contributed by atoms with Crippen molar-refractivity contribution >= 4 is 23.2 Å². The van der Waals surface area contributed by atoms with Crippen molar-refractivity contribution in [3.8, 4) is 0 Å². The first-order valence-corrected chi connectivity index (χ1v) is 6.68. The van der Waals surface area contributed by atoms with Crippen molar-refractivity contribution in [1.82, 2.24) is 10.2 Å². The molecule has 0 unspecified atom stereocenters. The second-order valence-corrected chi connectivity index (χ2v) is 4.82. The Labute approximate surface area is 114 Å². The van der Waals surface area contributed by atoms with Gasteiger partial charge in [-0.05, 0) is 34.5 Å². The fourth-order valence-electron chi connectivity index (χ4n) is 1.53. The third-order valence-corrected chi connectivity index (χ3v) is 3.30. The average molecular weight is 278 g/mol. The molecular weight excluding hydrogens is 264 g/mol. The summed E-state index contributed by atoms with van der Waals surface area (Å²) in [5.41, 5.74) is 1.08. The molecule has 0 saturated heterocycles. The highest BCUT2D eigenvalue weighted by molar-refractivity contribution is 7.07. The lowest BCUT2D eigenvalue weighted by Crippen LogP contribution is -2.37. The summed E-state index contributed by atoms with van der Waals surface area (Å²) < 4.78 is 4.94. The quantitative estimate of drug-likeness (QED) is 0.906. The molecule has 0 atom stereocenters. The smallest absolute Gasteiger partial charge is 0.287 e. The highest BCUT2D eigenvalue weighted by Gasteiger charge is 2.13. The van der Waals surface area contributed by atoms with Gasteiger partial charge in [-0.1, -0.05) is 0 Å². The molecule has 2 heterocycles. The number of hydrogen-bond acceptors (Lipinski definition) is 4. The number of thiophene rings is 1. The van der Waals surface area contributed by atoms with Gasteiger partial charge in [0.1, 0.15) is 0 Å². The van der Waals surface area contributed by atoms with E-state index in [0.29, 0.717) is 6.54 Å². The van der Waals surface area contributed by atoms with Crippen molar-refractivity contribution < 1.29 is 14.0 Å². The first kappa shape index (κ1) is 13.4. The highest BCUT2D eigenvalue weighted by Crippen LogP contribution is 2.08. The molecule has 6 heteroatoms. The number of nitrogens with zero attached hydrogens (tertiary/aromatic N) is 1. The zero-order valence-electron chi connectivity index (χ0n) is 10.5. The molecule has 0 spiro atoms. The van der Waals surface area contributed by atoms with Gasteiger partial charge in [0.05, 0.1) is 12.8 Å². The molecular formula is C13H14N2O3S. The zero-order chi connectivity index (χ0) is 13.7. The third kappa shape index (κ3) is 3.69. The number of nitrogens with one attached hydrogen (secondary N) is 1. The van der Waals surface area contributed by atoms with Crippen LogP contribution in [-0.4, -0.2) is 30.3 Å². The standard InChI is InChI=1S/C13H14N2O3S/c1-15(8-10-4-6-19-9-10)12(16)7-14-13(17)11-3-2-5-18-11/h2-6,9H,7-8H2,1H3,(H,14,17). The van der Waals surface area contributed by atoms with Gasteiger partial charge in [0.15, 0.2) is 5.76 Å². The Hall–Kier alpha value is -2.08. The first-order chi connectivity index (χ1) is 9.16. The van der Waals surface area contributed by atoms with Crippen LogP contribution in [0, 0.1) is 0 Å². The van der Waals surface area contributed by atoms with Gasteiger partial charge in [0.2, 0.25) is 5.91 Å². The number of carbonyl (C=O) groups is 2. The summed E-state index contributed by atoms with van der Waals surface area (Å²) in [5.74, 6) is -0.332. The van der Waals surface area contributed by atoms with Gasteiger partial charge in [0, 0.05) is 13.6 Å². The maximum atomic E-state index is 11.8. The van der Waals surface area contributed by atoms with Crippen LogP contribution in [0.4, 0.5) is 0 Å². The molecule has 0 aliphatic heterocycles. The van der Waals surface area contributed by atoms with E-state index < -0.39 is 0 Å². The van der Waals surface area contributed by atoms with Crippen LogP contribution < -0.4 is 5.32 Å². The van der Waals surface area contributed by atoms with Crippen LogP contribution in [-0.2, 0) is 11.3 Å². The molecule has 0 bridgehead atoms. The summed E-state index contributed by atoms with van der Waals surface area (Å²) in [6.45, 7) is 0.499. The number of carbonyl (C=O) groups excluding carboxylic acids is 2. The number of amides is 2. The molecule has 0 saturated carbocycles. The summed E-state index contributed by atoms with van der Waals surface area (Å²) in [5, 5.41) is 6.48. The van der Waals surface area contributed by atoms with Gasteiger partial charge in [-0.15, -0.1) is 0 Å². The van der Waals surface area contributed by atoms with Crippen molar-refractivity contribution in [2.75, 3.05) is 13.6 Å². The van der Waals surface area contributed by atoms with Crippen LogP contribution in [0.15, 0.2) is 39.6 Å². The summed E-state index contributed by atoms with van der Waals surface area (Å²) in [6, 6.07) is 5.14. The van der Waals surface area contributed by atoms with Gasteiger partial charge < -0.3 is 14.6 Å². The molecule has 0 aromatic carbocycles. The molecule has 0 aliphatic rings. The fraction of sp³-hybridized carbons (Fsp3) is 0.231. The van der Waals surface area contributed by atoms with Gasteiger partial charge in [-0.3, -0.25) is 9.59 Å². The third-order valence-electron chi connectivity index (χ3n) is 2.57. The molecule has 1 N–H and O–H groups in total. The lowest BCUT2D eigenvalue weighted by Gasteiger charge is -2.16. The van der Waals surface area contributed by atoms with E-state index in [0.717, 1.165) is 5.56 Å². The van der Waals surface area contributed by atoms with Crippen molar-refractivity contribution in [1.29, 1.82) is 0 Å². The Morgan fingerprint density at radius 2 is 2.26 bits per heavy atom. The Kier molecular flexibility index (Phi) is 4.35. The van der Waals surface area contributed by atoms with E-state index in [9.17, 15) is 9.59 Å². The maximum absolute atomic E-state index is 11.8. The Balaban J connectivity index is 1.79. The second kappa shape index (κ2) is 6.19. The second-order valence-electron chi connectivity index (χ2n) is 4.04. The van der Waals surface area contributed by atoms with Crippen LogP contribution in [0.3, 0.4) is 0 Å². The van der Waals surface area contributed by atoms with E-state index in [1.54, 1.807) is 35.4 Å². The summed E-state index contributed by atoms with van der Waals surface area (Å²) in [4.78, 5) is 25.0. The Morgan fingerprint density at radius 3 is 2.89 bits per heavy atom. The molecule has 19 heavy (non-hydrogen) atoms. The molecule has 2 amide bonds. The lowest BCUT2D eigenvalue weighted by molar-refractivity contribution is -0.129. The molecule has 2 aromatic rings. The summed E-state index contributed by atoms with van der Waals surface area (Å²) in [7, 11) is 1.71. The molecule has 2 rings (SSSR count). The highest BCUT2D eigenvalue weighted by atomic mass is 32.1. The normalized spacial score (nSPS) is 10.2. The summed E-state index contributed by atoms with van der Waals surface area (Å²) >= 11 is 1.59. The van der Waals surface area contributed by atoms with Crippen LogP contribution in [0.2, 0.25) is 0 Å². The van der Waals surface area contributed by atoms with Gasteiger partial charge in [-0.25, -0.2) is 0 Å². The fourth-order valence-corrected chi connectivity index (χ4v) is 2.19. The Morgan fingerprint density at radius 1 is 1.42 bits per heavy atom. The van der Waals surface area contributed by atoms with Crippen molar-refractivity contribution in [2.24, 2.45) is 0 Å². The van der Waals surface area contributed by atoms with E-state index in [2.05, 4.69) is 5.32 Å². The monoisotopic (exact) mass is 278 g/mol. The number of hydrogen-bond donors (Lipinski definition) is 1. The van der Waals surface area contributed by atoms with Crippen LogP contribution >= 0.6 is 11.3 Å². The average Bonchev–Trinajstić information content (AvgIpc) is 3.07. The van der Waals surface area contributed by atoms with Gasteiger partial charge in [-0.2, -0.15) is 11.3 Å². The minimum Gasteiger partial charge on any atom is -0.459 e. The van der Waals surface area contributed by atoms with E-state index in [-0.39, 0.29) is 24.1 Å². The summed E-state index contributed by atoms with van der Waals surface area (Å²) in [6.07, 6.45) is 1.42. The van der Waals surface area contributed by atoms with E-state index in [1.807, 2.05) is 16.8 Å². The number of furan rings is 1. The van der Waals surface area contributed by atoms with Crippen LogP contribution in [0.25, 0.3) is 0 Å². The molecule has 100 valence electrons. The predicted molar refractivity (Wildman–Crippen MR) is 71.8 cm³/mol. The largest absolute Gasteiger partial charge is 0.459 e. The minimum atomic E-state index is -0.387. The van der Waals surface area contributed by atoms with Crippen molar-refractivity contribution in [2.45, 2.75) is 6.54 Å². The lowest BCUT2D eigenvalue weighted by atomic mass is 10.3. The molecule has 0 fully saturated rings. The number of likely N-dealkylation sites (N-methyl/N-ethyl adjacent to an activating group) is 1. The Bertz CT molecular complexity index is 534. The van der Waals surface area contributed by atoms with Crippen molar-refractivity contribution in [3.63, 3.8) is 0 Å². The zero-order valence-corrected chi connectivity index (χ0v) is 11.3. The van der Waals surface area contributed by atoms with E-state index in [1.165, 1.54) is 6.26 Å². The van der Waals surface area contributed by atoms with Gasteiger partial charge in [0.25, 0.3) is 5.91 Å². The molecule has 0 radical (unpaired) electrons. The first-order valence-electron chi connectivity index (χ1n) is 5.73. The van der Waals surface area contributed by atoms with Crippen LogP contribution in [0.5, 0.6) is 0 Å². The molecule has 0 aliphatic carbocycles. The van der Waals surface area contributed by atoms with Crippen molar-refractivity contribution in [3.05, 3.63) is 46.5 Å². The SMILES string of the molecule is CN(Cc1ccsc1)C(=O)CNC(=O)c1ccco1. The topological polar surface area (TPSA) is 62.6 Å². The van der Waals surface area contributed by atoms with Gasteiger partial charge >= 0.3 is 0 Å². The van der Waals surface area contributed by atoms with E-state index >= 15 is 0 Å². The number of rotatable bonds is 5. The van der Waals surface area contributed by atoms with E-state index in [4.69, 9.17) is 4.42 Å². The molecule has 5 nitrogen and oxygen atoms in total. The minimum absolute atomic E-state index is 0.0415. The van der Waals surface area contributed by atoms with Crippen LogP contribution in [0.1, 0.15) is 16.1 Å². The predicted octanol–water partition coefficient (Wildman–Crippen LogP) is 1.73. The maximum Gasteiger partial charge on any atom is 0.287 e. The molecule has 2 aromatic heterocycles.